The van der Waals surface area contributed by atoms with E-state index < -0.39 is 0 Å². The highest BCUT2D eigenvalue weighted by atomic mass is 35.5. The Morgan fingerprint density at radius 2 is 1.92 bits per heavy atom. The van der Waals surface area contributed by atoms with Crippen molar-refractivity contribution < 1.29 is 9.47 Å². The molecular weight excluding hydrogens is 372 g/mol. The number of halogens is 1. The molecule has 0 atom stereocenters. The summed E-state index contributed by atoms with van der Waals surface area (Å²) >= 11 is 7.38. The molecule has 26 heavy (non-hydrogen) atoms. The Kier molecular flexibility index (Phi) is 5.85. The molecule has 0 fully saturated rings. The van der Waals surface area contributed by atoms with Crippen molar-refractivity contribution in [1.29, 1.82) is 0 Å². The van der Waals surface area contributed by atoms with Gasteiger partial charge in [-0.25, -0.2) is 4.98 Å². The van der Waals surface area contributed by atoms with Gasteiger partial charge in [-0.05, 0) is 29.8 Å². The van der Waals surface area contributed by atoms with Gasteiger partial charge >= 0.3 is 0 Å². The molecule has 3 aromatic rings. The molecule has 0 spiro atoms. The van der Waals surface area contributed by atoms with Gasteiger partial charge in [0.05, 0.1) is 19.9 Å². The normalized spacial score (nSPS) is 10.6. The summed E-state index contributed by atoms with van der Waals surface area (Å²) in [5.41, 5.74) is 1.52. The van der Waals surface area contributed by atoms with Crippen LogP contribution in [0.2, 0.25) is 5.02 Å². The van der Waals surface area contributed by atoms with Crippen molar-refractivity contribution in [1.82, 2.24) is 9.55 Å². The van der Waals surface area contributed by atoms with E-state index in [2.05, 4.69) is 4.98 Å². The van der Waals surface area contributed by atoms with E-state index in [-0.39, 0.29) is 5.56 Å². The van der Waals surface area contributed by atoms with Crippen LogP contribution in [0.5, 0.6) is 11.5 Å². The second kappa shape index (κ2) is 8.29. The van der Waals surface area contributed by atoms with Crippen LogP contribution in [0.1, 0.15) is 5.56 Å². The number of benzene rings is 2. The highest BCUT2D eigenvalue weighted by molar-refractivity contribution is 7.98. The Bertz CT molecular complexity index is 975. The van der Waals surface area contributed by atoms with Crippen LogP contribution in [0.3, 0.4) is 0 Å². The van der Waals surface area contributed by atoms with Gasteiger partial charge in [0.25, 0.3) is 5.56 Å². The molecule has 0 aliphatic rings. The molecule has 7 heteroatoms. The van der Waals surface area contributed by atoms with Gasteiger partial charge < -0.3 is 9.47 Å². The van der Waals surface area contributed by atoms with Crippen LogP contribution < -0.4 is 15.0 Å². The van der Waals surface area contributed by atoms with Gasteiger partial charge in [0.2, 0.25) is 0 Å². The summed E-state index contributed by atoms with van der Waals surface area (Å²) in [7, 11) is 3.13. The maximum Gasteiger partial charge on any atom is 0.287 e. The highest BCUT2D eigenvalue weighted by Crippen LogP contribution is 2.29. The maximum absolute atomic E-state index is 12.8. The molecule has 0 saturated heterocycles. The molecule has 134 valence electrons. The van der Waals surface area contributed by atoms with E-state index in [9.17, 15) is 4.79 Å². The first-order chi connectivity index (χ1) is 12.6. The second-order valence-electron chi connectivity index (χ2n) is 5.37. The molecule has 0 N–H and O–H groups in total. The number of hydrogen-bond acceptors (Lipinski definition) is 5. The minimum atomic E-state index is -0.188. The molecule has 0 radical (unpaired) electrons. The third kappa shape index (κ3) is 4.03. The van der Waals surface area contributed by atoms with Crippen LogP contribution in [0, 0.1) is 0 Å². The molecule has 2 aromatic carbocycles. The van der Waals surface area contributed by atoms with E-state index in [1.165, 1.54) is 16.3 Å². The number of rotatable bonds is 6. The fourth-order valence-electron chi connectivity index (χ4n) is 2.45. The predicted octanol–water partition coefficient (Wildman–Crippen LogP) is 4.20. The summed E-state index contributed by atoms with van der Waals surface area (Å²) in [5.74, 6) is 1.77. The summed E-state index contributed by atoms with van der Waals surface area (Å²) in [4.78, 5) is 17.0. The Morgan fingerprint density at radius 3 is 2.65 bits per heavy atom. The lowest BCUT2D eigenvalue weighted by atomic mass is 10.2. The predicted molar refractivity (Wildman–Crippen MR) is 104 cm³/mol. The van der Waals surface area contributed by atoms with E-state index in [4.69, 9.17) is 21.1 Å². The Labute approximate surface area is 160 Å². The van der Waals surface area contributed by atoms with E-state index in [1.807, 2.05) is 24.3 Å². The highest BCUT2D eigenvalue weighted by Gasteiger charge is 2.11. The van der Waals surface area contributed by atoms with Crippen LogP contribution in [-0.4, -0.2) is 23.8 Å². The standard InChI is InChI=1S/C19H17ClN2O3S/c1-24-16-7-6-15(11-17(16)25-2)22-9-8-21-18(19(22)23)26-12-13-4-3-5-14(20)10-13/h3-11H,12H2,1-2H3. The molecule has 1 aromatic heterocycles. The van der Waals surface area contributed by atoms with E-state index in [0.29, 0.717) is 33.0 Å². The lowest BCUT2D eigenvalue weighted by Crippen LogP contribution is -2.20. The van der Waals surface area contributed by atoms with Crippen LogP contribution in [0.4, 0.5) is 0 Å². The molecule has 3 rings (SSSR count). The van der Waals surface area contributed by atoms with Gasteiger partial charge in [-0.15, -0.1) is 0 Å². The van der Waals surface area contributed by atoms with Crippen molar-refractivity contribution in [3.05, 3.63) is 75.8 Å². The van der Waals surface area contributed by atoms with Crippen LogP contribution in [-0.2, 0) is 5.75 Å². The number of ether oxygens (including phenoxy) is 2. The molecule has 1 heterocycles. The summed E-state index contributed by atoms with van der Waals surface area (Å²) in [5, 5.41) is 1.09. The number of nitrogens with zero attached hydrogens (tertiary/aromatic N) is 2. The van der Waals surface area contributed by atoms with Gasteiger partial charge in [0.15, 0.2) is 16.5 Å². The van der Waals surface area contributed by atoms with Gasteiger partial charge in [0, 0.05) is 29.2 Å². The molecule has 0 aliphatic carbocycles. The Morgan fingerprint density at radius 1 is 1.12 bits per heavy atom. The van der Waals surface area contributed by atoms with Crippen LogP contribution in [0.25, 0.3) is 5.69 Å². The van der Waals surface area contributed by atoms with E-state index in [1.54, 1.807) is 44.8 Å². The van der Waals surface area contributed by atoms with Gasteiger partial charge in [0.1, 0.15) is 0 Å². The lowest BCUT2D eigenvalue weighted by molar-refractivity contribution is 0.355. The van der Waals surface area contributed by atoms with Crippen LogP contribution in [0.15, 0.2) is 64.7 Å². The average Bonchev–Trinajstić information content (AvgIpc) is 2.66. The third-order valence-corrected chi connectivity index (χ3v) is 4.99. The smallest absolute Gasteiger partial charge is 0.287 e. The molecule has 0 unspecified atom stereocenters. The van der Waals surface area contributed by atoms with Crippen molar-refractivity contribution in [3.63, 3.8) is 0 Å². The number of methoxy groups -OCH3 is 2. The summed E-state index contributed by atoms with van der Waals surface area (Å²) in [6, 6.07) is 12.9. The van der Waals surface area contributed by atoms with E-state index in [0.717, 1.165) is 5.56 Å². The lowest BCUT2D eigenvalue weighted by Gasteiger charge is -2.11. The molecule has 0 amide bonds. The SMILES string of the molecule is COc1ccc(-n2ccnc(SCc3cccc(Cl)c3)c2=O)cc1OC. The van der Waals surface area contributed by atoms with Gasteiger partial charge in [-0.3, -0.25) is 9.36 Å². The van der Waals surface area contributed by atoms with Crippen molar-refractivity contribution in [2.45, 2.75) is 10.8 Å². The number of hydrogen-bond donors (Lipinski definition) is 0. The summed E-state index contributed by atoms with van der Waals surface area (Å²) in [6.45, 7) is 0. The molecule has 5 nitrogen and oxygen atoms in total. The van der Waals surface area contributed by atoms with Crippen LogP contribution >= 0.6 is 23.4 Å². The molecular formula is C19H17ClN2O3S. The second-order valence-corrected chi connectivity index (χ2v) is 6.77. The van der Waals surface area contributed by atoms with Crippen molar-refractivity contribution in [2.75, 3.05) is 14.2 Å². The summed E-state index contributed by atoms with van der Waals surface area (Å²) < 4.78 is 12.1. The number of thioether (sulfide) groups is 1. The molecule has 0 saturated carbocycles. The molecule has 0 bridgehead atoms. The van der Waals surface area contributed by atoms with E-state index >= 15 is 0 Å². The fourth-order valence-corrected chi connectivity index (χ4v) is 3.50. The first-order valence-electron chi connectivity index (χ1n) is 7.79. The average molecular weight is 389 g/mol. The van der Waals surface area contributed by atoms with Gasteiger partial charge in [-0.2, -0.15) is 0 Å². The monoisotopic (exact) mass is 388 g/mol. The maximum atomic E-state index is 12.8. The zero-order valence-electron chi connectivity index (χ0n) is 14.3. The van der Waals surface area contributed by atoms with Gasteiger partial charge in [-0.1, -0.05) is 35.5 Å². The topological polar surface area (TPSA) is 53.4 Å². The first-order valence-corrected chi connectivity index (χ1v) is 9.16. The first kappa shape index (κ1) is 18.4. The van der Waals surface area contributed by atoms with Crippen molar-refractivity contribution >= 4 is 23.4 Å². The quantitative estimate of drug-likeness (QED) is 0.592. The van der Waals surface area contributed by atoms with Crippen molar-refractivity contribution in [2.24, 2.45) is 0 Å². The zero-order valence-corrected chi connectivity index (χ0v) is 15.9. The Balaban J connectivity index is 1.89. The Hall–Kier alpha value is -2.44. The minimum absolute atomic E-state index is 0.188. The zero-order chi connectivity index (χ0) is 18.5. The molecule has 0 aliphatic heterocycles. The third-order valence-electron chi connectivity index (χ3n) is 3.72. The number of aromatic nitrogens is 2. The van der Waals surface area contributed by atoms with Crippen molar-refractivity contribution in [3.8, 4) is 17.2 Å². The fraction of sp³-hybridized carbons (Fsp3) is 0.158. The summed E-state index contributed by atoms with van der Waals surface area (Å²) in [6.07, 6.45) is 3.24. The minimum Gasteiger partial charge on any atom is -0.493 e. The largest absolute Gasteiger partial charge is 0.493 e.